The summed E-state index contributed by atoms with van der Waals surface area (Å²) < 4.78 is 0. The van der Waals surface area contributed by atoms with Crippen LogP contribution in [0, 0.1) is 0 Å². The fraction of sp³-hybridized carbons (Fsp3) is 0.333. The average molecular weight is 278 g/mol. The van der Waals surface area contributed by atoms with E-state index in [1.807, 2.05) is 5.38 Å². The molecule has 0 atom stereocenters. The predicted octanol–water partition coefficient (Wildman–Crippen LogP) is 2.67. The van der Waals surface area contributed by atoms with Gasteiger partial charge in [-0.15, -0.1) is 21.5 Å². The van der Waals surface area contributed by atoms with E-state index in [1.54, 1.807) is 6.07 Å². The van der Waals surface area contributed by atoms with Gasteiger partial charge in [-0.05, 0) is 12.1 Å². The first kappa shape index (κ1) is 13.4. The van der Waals surface area contributed by atoms with E-state index in [1.165, 1.54) is 17.4 Å². The van der Waals surface area contributed by atoms with E-state index in [9.17, 15) is 4.79 Å². The summed E-state index contributed by atoms with van der Waals surface area (Å²) in [6, 6.07) is 2.96. The van der Waals surface area contributed by atoms with Gasteiger partial charge in [0.15, 0.2) is 16.6 Å². The number of hydrogen-bond acceptors (Lipinski definition) is 6. The van der Waals surface area contributed by atoms with Gasteiger partial charge >= 0.3 is 5.97 Å². The van der Waals surface area contributed by atoms with Crippen molar-refractivity contribution in [3.8, 4) is 0 Å². The zero-order chi connectivity index (χ0) is 14.0. The Morgan fingerprint density at radius 2 is 2.05 bits per heavy atom. The first-order chi connectivity index (χ1) is 8.86. The van der Waals surface area contributed by atoms with Gasteiger partial charge < -0.3 is 10.4 Å². The number of nitrogens with zero attached hydrogens (tertiary/aromatic N) is 3. The molecule has 0 unspecified atom stereocenters. The molecule has 0 fully saturated rings. The van der Waals surface area contributed by atoms with Gasteiger partial charge in [-0.1, -0.05) is 20.8 Å². The number of thiazole rings is 1. The van der Waals surface area contributed by atoms with Crippen LogP contribution in [0.25, 0.3) is 0 Å². The Bertz CT molecular complexity index is 587. The highest BCUT2D eigenvalue weighted by molar-refractivity contribution is 7.13. The summed E-state index contributed by atoms with van der Waals surface area (Å²) in [6.45, 7) is 6.27. The summed E-state index contributed by atoms with van der Waals surface area (Å²) in [5, 5.41) is 21.8. The summed E-state index contributed by atoms with van der Waals surface area (Å²) in [7, 11) is 0. The molecule has 0 aromatic carbocycles. The van der Waals surface area contributed by atoms with Crippen molar-refractivity contribution in [2.24, 2.45) is 0 Å². The number of rotatable bonds is 3. The number of hydrogen-bond donors (Lipinski definition) is 2. The largest absolute Gasteiger partial charge is 0.476 e. The van der Waals surface area contributed by atoms with E-state index in [0.717, 1.165) is 5.69 Å². The minimum atomic E-state index is -1.09. The van der Waals surface area contributed by atoms with Crippen molar-refractivity contribution in [1.29, 1.82) is 0 Å². The highest BCUT2D eigenvalue weighted by Crippen LogP contribution is 2.27. The maximum atomic E-state index is 10.7. The second-order valence-corrected chi connectivity index (χ2v) is 5.88. The molecule has 6 nitrogen and oxygen atoms in total. The molecule has 2 aromatic rings. The van der Waals surface area contributed by atoms with Gasteiger partial charge in [0.05, 0.1) is 5.69 Å². The zero-order valence-electron chi connectivity index (χ0n) is 10.8. The molecule has 7 heteroatoms. The van der Waals surface area contributed by atoms with E-state index in [4.69, 9.17) is 5.11 Å². The van der Waals surface area contributed by atoms with E-state index in [2.05, 4.69) is 41.3 Å². The molecule has 0 aliphatic heterocycles. The molecule has 0 saturated heterocycles. The maximum Gasteiger partial charge on any atom is 0.356 e. The topological polar surface area (TPSA) is 88.0 Å². The van der Waals surface area contributed by atoms with Crippen LogP contribution in [0.4, 0.5) is 10.9 Å². The van der Waals surface area contributed by atoms with Crippen molar-refractivity contribution in [2.45, 2.75) is 26.2 Å². The Morgan fingerprint density at radius 1 is 1.32 bits per heavy atom. The van der Waals surface area contributed by atoms with E-state index < -0.39 is 5.97 Å². The molecule has 2 heterocycles. The second-order valence-electron chi connectivity index (χ2n) is 5.02. The third kappa shape index (κ3) is 3.25. The normalized spacial score (nSPS) is 11.3. The number of aromatic nitrogens is 3. The van der Waals surface area contributed by atoms with Crippen LogP contribution in [-0.2, 0) is 5.41 Å². The van der Waals surface area contributed by atoms with Crippen LogP contribution in [0.2, 0.25) is 0 Å². The van der Waals surface area contributed by atoms with Crippen LogP contribution in [0.1, 0.15) is 37.0 Å². The number of carboxylic acid groups (broad SMARTS) is 1. The molecule has 0 bridgehead atoms. The van der Waals surface area contributed by atoms with Crippen molar-refractivity contribution < 1.29 is 9.90 Å². The van der Waals surface area contributed by atoms with Gasteiger partial charge in [-0.3, -0.25) is 0 Å². The molecular formula is C12H14N4O2S. The molecule has 0 amide bonds. The fourth-order valence-electron chi connectivity index (χ4n) is 1.30. The van der Waals surface area contributed by atoms with Crippen molar-refractivity contribution in [3.05, 3.63) is 28.9 Å². The Hall–Kier alpha value is -2.02. The van der Waals surface area contributed by atoms with Crippen molar-refractivity contribution in [2.75, 3.05) is 5.32 Å². The van der Waals surface area contributed by atoms with Gasteiger partial charge in [0.25, 0.3) is 0 Å². The lowest BCUT2D eigenvalue weighted by Gasteiger charge is -2.14. The summed E-state index contributed by atoms with van der Waals surface area (Å²) in [5.41, 5.74) is 0.908. The van der Waals surface area contributed by atoms with Crippen LogP contribution in [-0.4, -0.2) is 26.3 Å². The minimum absolute atomic E-state index is 0.00469. The number of carboxylic acids is 1. The summed E-state index contributed by atoms with van der Waals surface area (Å²) in [4.78, 5) is 15.1. The first-order valence-corrected chi connectivity index (χ1v) is 6.54. The number of aromatic carboxylic acids is 1. The van der Waals surface area contributed by atoms with Crippen LogP contribution in [0.3, 0.4) is 0 Å². The van der Waals surface area contributed by atoms with Gasteiger partial charge in [-0.25, -0.2) is 9.78 Å². The Morgan fingerprint density at radius 3 is 2.53 bits per heavy atom. The number of anilines is 2. The molecule has 2 rings (SSSR count). The summed E-state index contributed by atoms with van der Waals surface area (Å²) in [5.74, 6) is -0.622. The fourth-order valence-corrected chi connectivity index (χ4v) is 2.24. The number of nitrogens with one attached hydrogen (secondary N) is 1. The maximum absolute atomic E-state index is 10.7. The van der Waals surface area contributed by atoms with E-state index in [-0.39, 0.29) is 11.1 Å². The van der Waals surface area contributed by atoms with Crippen LogP contribution in [0.15, 0.2) is 17.5 Å². The molecule has 0 saturated carbocycles. The number of carbonyl (C=O) groups is 1. The Kier molecular flexibility index (Phi) is 3.48. The quantitative estimate of drug-likeness (QED) is 0.897. The Labute approximate surface area is 114 Å². The van der Waals surface area contributed by atoms with Gasteiger partial charge in [-0.2, -0.15) is 0 Å². The molecule has 100 valence electrons. The minimum Gasteiger partial charge on any atom is -0.476 e. The summed E-state index contributed by atoms with van der Waals surface area (Å²) in [6.07, 6.45) is 0. The highest BCUT2D eigenvalue weighted by Gasteiger charge is 2.17. The van der Waals surface area contributed by atoms with Gasteiger partial charge in [0.2, 0.25) is 0 Å². The molecule has 2 N–H and O–H groups in total. The third-order valence-corrected chi connectivity index (χ3v) is 3.15. The lowest BCUT2D eigenvalue weighted by molar-refractivity contribution is 0.0689. The van der Waals surface area contributed by atoms with Gasteiger partial charge in [0, 0.05) is 10.8 Å². The standard InChI is InChI=1S/C12H14N4O2S/c1-12(2,3)8-6-19-11(13-8)14-9-5-4-7(10(17)18)15-16-9/h4-6H,1-3H3,(H,17,18)(H,13,14,16). The third-order valence-electron chi connectivity index (χ3n) is 2.39. The van der Waals surface area contributed by atoms with Crippen molar-refractivity contribution in [3.63, 3.8) is 0 Å². The predicted molar refractivity (Wildman–Crippen MR) is 73.1 cm³/mol. The average Bonchev–Trinajstić information content (AvgIpc) is 2.78. The lowest BCUT2D eigenvalue weighted by atomic mass is 9.93. The monoisotopic (exact) mass is 278 g/mol. The van der Waals surface area contributed by atoms with E-state index in [0.29, 0.717) is 10.9 Å². The molecule has 0 radical (unpaired) electrons. The van der Waals surface area contributed by atoms with Crippen LogP contribution < -0.4 is 5.32 Å². The van der Waals surface area contributed by atoms with Crippen molar-refractivity contribution >= 4 is 28.3 Å². The second kappa shape index (κ2) is 4.93. The smallest absolute Gasteiger partial charge is 0.356 e. The van der Waals surface area contributed by atoms with E-state index >= 15 is 0 Å². The zero-order valence-corrected chi connectivity index (χ0v) is 11.7. The highest BCUT2D eigenvalue weighted by atomic mass is 32.1. The Balaban J connectivity index is 2.13. The molecule has 19 heavy (non-hydrogen) atoms. The summed E-state index contributed by atoms with van der Waals surface area (Å²) >= 11 is 1.48. The molecular weight excluding hydrogens is 264 g/mol. The molecule has 0 aliphatic rings. The van der Waals surface area contributed by atoms with Crippen LogP contribution >= 0.6 is 11.3 Å². The van der Waals surface area contributed by atoms with Gasteiger partial charge in [0.1, 0.15) is 0 Å². The first-order valence-electron chi connectivity index (χ1n) is 5.66. The SMILES string of the molecule is CC(C)(C)c1csc(Nc2ccc(C(=O)O)nn2)n1. The molecule has 2 aromatic heterocycles. The van der Waals surface area contributed by atoms with Crippen LogP contribution in [0.5, 0.6) is 0 Å². The lowest BCUT2D eigenvalue weighted by Crippen LogP contribution is -2.11. The molecule has 0 aliphatic carbocycles. The van der Waals surface area contributed by atoms with Crippen molar-refractivity contribution in [1.82, 2.24) is 15.2 Å². The molecule has 0 spiro atoms.